The molecule has 0 bridgehead atoms. The van der Waals surface area contributed by atoms with E-state index < -0.39 is 5.82 Å². The van der Waals surface area contributed by atoms with Crippen LogP contribution in [0, 0.1) is 11.6 Å². The van der Waals surface area contributed by atoms with E-state index in [1.54, 1.807) is 12.4 Å². The first-order valence-corrected chi connectivity index (χ1v) is 8.28. The first-order chi connectivity index (χ1) is 11.6. The van der Waals surface area contributed by atoms with Gasteiger partial charge in [-0.1, -0.05) is 6.92 Å². The summed E-state index contributed by atoms with van der Waals surface area (Å²) < 4.78 is 32.8. The van der Waals surface area contributed by atoms with Crippen molar-refractivity contribution in [3.63, 3.8) is 0 Å². The molecule has 1 aromatic carbocycles. The van der Waals surface area contributed by atoms with E-state index >= 15 is 0 Å². The van der Waals surface area contributed by atoms with Crippen molar-refractivity contribution in [2.45, 2.75) is 38.8 Å². The predicted molar refractivity (Wildman–Crippen MR) is 86.7 cm³/mol. The molecule has 1 aliphatic heterocycles. The minimum absolute atomic E-state index is 0.0612. The van der Waals surface area contributed by atoms with Gasteiger partial charge in [0.25, 0.3) is 0 Å². The number of hydrogen-bond donors (Lipinski definition) is 0. The summed E-state index contributed by atoms with van der Waals surface area (Å²) in [6, 6.07) is 3.99. The Labute approximate surface area is 140 Å². The molecule has 0 unspecified atom stereocenters. The lowest BCUT2D eigenvalue weighted by molar-refractivity contribution is 0.0886. The molecule has 2 aromatic rings. The van der Waals surface area contributed by atoms with E-state index in [9.17, 15) is 8.78 Å². The Morgan fingerprint density at radius 2 is 1.88 bits per heavy atom. The molecular weight excluding hydrogens is 312 g/mol. The van der Waals surface area contributed by atoms with E-state index in [1.165, 1.54) is 12.1 Å². The largest absolute Gasteiger partial charge is 0.460 e. The number of ether oxygens (including phenoxy) is 1. The number of aryl methyl sites for hydroxylation is 1. The molecule has 1 aliphatic rings. The van der Waals surface area contributed by atoms with Gasteiger partial charge in [0.2, 0.25) is 0 Å². The normalized spacial score (nSPS) is 16.3. The van der Waals surface area contributed by atoms with Crippen LogP contribution in [0.5, 0.6) is 6.01 Å². The lowest BCUT2D eigenvalue weighted by Crippen LogP contribution is -2.38. The average molecular weight is 333 g/mol. The van der Waals surface area contributed by atoms with Crippen molar-refractivity contribution in [2.24, 2.45) is 0 Å². The highest BCUT2D eigenvalue weighted by molar-refractivity contribution is 5.18. The summed E-state index contributed by atoms with van der Waals surface area (Å²) in [5.41, 5.74) is 1.47. The highest BCUT2D eigenvalue weighted by Gasteiger charge is 2.22. The first-order valence-electron chi connectivity index (χ1n) is 8.28. The summed E-state index contributed by atoms with van der Waals surface area (Å²) in [5.74, 6) is -0.767. The summed E-state index contributed by atoms with van der Waals surface area (Å²) in [6.45, 7) is 4.01. The van der Waals surface area contributed by atoms with Crippen LogP contribution in [-0.4, -0.2) is 34.1 Å². The predicted octanol–water partition coefficient (Wildman–Crippen LogP) is 3.36. The zero-order chi connectivity index (χ0) is 16.9. The van der Waals surface area contributed by atoms with Crippen molar-refractivity contribution >= 4 is 0 Å². The summed E-state index contributed by atoms with van der Waals surface area (Å²) in [6.07, 6.45) is 6.15. The van der Waals surface area contributed by atoms with Crippen LogP contribution in [0.1, 0.15) is 30.9 Å². The van der Waals surface area contributed by atoms with Crippen molar-refractivity contribution in [3.05, 3.63) is 53.4 Å². The zero-order valence-corrected chi connectivity index (χ0v) is 13.7. The Hall–Kier alpha value is -2.08. The maximum Gasteiger partial charge on any atom is 0.316 e. The molecule has 3 rings (SSSR count). The maximum atomic E-state index is 13.7. The summed E-state index contributed by atoms with van der Waals surface area (Å²) in [5, 5.41) is 0. The van der Waals surface area contributed by atoms with Crippen molar-refractivity contribution in [2.75, 3.05) is 13.1 Å². The Kier molecular flexibility index (Phi) is 5.35. The van der Waals surface area contributed by atoms with Crippen LogP contribution in [0.2, 0.25) is 0 Å². The Bertz CT molecular complexity index is 670. The topological polar surface area (TPSA) is 38.2 Å². The maximum absolute atomic E-state index is 13.7. The van der Waals surface area contributed by atoms with Crippen LogP contribution in [-0.2, 0) is 13.0 Å². The van der Waals surface area contributed by atoms with E-state index in [1.807, 2.05) is 0 Å². The fourth-order valence-corrected chi connectivity index (χ4v) is 2.83. The molecule has 1 aromatic heterocycles. The summed E-state index contributed by atoms with van der Waals surface area (Å²) in [7, 11) is 0. The van der Waals surface area contributed by atoms with E-state index in [4.69, 9.17) is 4.74 Å². The van der Waals surface area contributed by atoms with E-state index in [2.05, 4.69) is 21.8 Å². The molecule has 4 nitrogen and oxygen atoms in total. The number of likely N-dealkylation sites (tertiary alicyclic amines) is 1. The van der Waals surface area contributed by atoms with E-state index in [0.717, 1.165) is 44.0 Å². The van der Waals surface area contributed by atoms with Gasteiger partial charge >= 0.3 is 6.01 Å². The molecule has 0 aliphatic carbocycles. The zero-order valence-electron chi connectivity index (χ0n) is 13.7. The lowest BCUT2D eigenvalue weighted by Gasteiger charge is -2.31. The van der Waals surface area contributed by atoms with Gasteiger partial charge in [0.05, 0.1) is 0 Å². The second-order valence-corrected chi connectivity index (χ2v) is 6.06. The number of benzene rings is 1. The summed E-state index contributed by atoms with van der Waals surface area (Å²) >= 11 is 0. The van der Waals surface area contributed by atoms with Crippen molar-refractivity contribution < 1.29 is 13.5 Å². The number of hydrogen-bond acceptors (Lipinski definition) is 4. The first kappa shape index (κ1) is 16.8. The van der Waals surface area contributed by atoms with Crippen LogP contribution in [0.25, 0.3) is 0 Å². The van der Waals surface area contributed by atoms with Crippen LogP contribution in [0.4, 0.5) is 8.78 Å². The van der Waals surface area contributed by atoms with Gasteiger partial charge < -0.3 is 4.74 Å². The highest BCUT2D eigenvalue weighted by Crippen LogP contribution is 2.19. The number of aromatic nitrogens is 2. The summed E-state index contributed by atoms with van der Waals surface area (Å²) in [4.78, 5) is 10.5. The van der Waals surface area contributed by atoms with Gasteiger partial charge in [0.15, 0.2) is 0 Å². The number of halogens is 2. The molecule has 0 N–H and O–H groups in total. The Morgan fingerprint density at radius 3 is 2.54 bits per heavy atom. The Balaban J connectivity index is 1.51. The molecule has 2 heterocycles. The molecule has 0 amide bonds. The smallest absolute Gasteiger partial charge is 0.316 e. The van der Waals surface area contributed by atoms with Crippen molar-refractivity contribution in [1.82, 2.24) is 14.9 Å². The Morgan fingerprint density at radius 1 is 1.17 bits per heavy atom. The number of nitrogens with zero attached hydrogens (tertiary/aromatic N) is 3. The molecule has 6 heteroatoms. The van der Waals surface area contributed by atoms with Crippen LogP contribution in [0.3, 0.4) is 0 Å². The van der Waals surface area contributed by atoms with Crippen LogP contribution < -0.4 is 4.74 Å². The van der Waals surface area contributed by atoms with Gasteiger partial charge in [0, 0.05) is 37.6 Å². The van der Waals surface area contributed by atoms with Gasteiger partial charge in [0.1, 0.15) is 17.7 Å². The van der Waals surface area contributed by atoms with Crippen LogP contribution >= 0.6 is 0 Å². The third-order valence-electron chi connectivity index (χ3n) is 4.30. The number of piperidine rings is 1. The monoisotopic (exact) mass is 333 g/mol. The molecule has 1 fully saturated rings. The lowest BCUT2D eigenvalue weighted by atomic mass is 10.1. The minimum atomic E-state index is -0.405. The number of rotatable bonds is 5. The fourth-order valence-electron chi connectivity index (χ4n) is 2.83. The van der Waals surface area contributed by atoms with Gasteiger partial charge in [-0.3, -0.25) is 4.90 Å². The quantitative estimate of drug-likeness (QED) is 0.841. The van der Waals surface area contributed by atoms with Crippen molar-refractivity contribution in [1.29, 1.82) is 0 Å². The molecule has 0 spiro atoms. The molecule has 128 valence electrons. The molecular formula is C18H21F2N3O. The highest BCUT2D eigenvalue weighted by atomic mass is 19.1. The third-order valence-corrected chi connectivity index (χ3v) is 4.30. The average Bonchev–Trinajstić information content (AvgIpc) is 2.60. The third kappa shape index (κ3) is 4.26. The van der Waals surface area contributed by atoms with E-state index in [0.29, 0.717) is 18.1 Å². The van der Waals surface area contributed by atoms with Gasteiger partial charge in [-0.25, -0.2) is 18.7 Å². The van der Waals surface area contributed by atoms with Gasteiger partial charge in [-0.15, -0.1) is 0 Å². The van der Waals surface area contributed by atoms with Crippen molar-refractivity contribution in [3.8, 4) is 6.01 Å². The molecule has 24 heavy (non-hydrogen) atoms. The van der Waals surface area contributed by atoms with Crippen LogP contribution in [0.15, 0.2) is 30.6 Å². The second kappa shape index (κ2) is 7.66. The second-order valence-electron chi connectivity index (χ2n) is 6.06. The van der Waals surface area contributed by atoms with Gasteiger partial charge in [-0.05, 0) is 43.0 Å². The van der Waals surface area contributed by atoms with E-state index in [-0.39, 0.29) is 11.9 Å². The minimum Gasteiger partial charge on any atom is -0.460 e. The molecule has 0 atom stereocenters. The fraction of sp³-hybridized carbons (Fsp3) is 0.444. The SMILES string of the molecule is CCc1cnc(OC2CCN(Cc3cc(F)ccc3F)CC2)nc1. The standard InChI is InChI=1S/C18H21F2N3O/c1-2-13-10-21-18(22-11-13)24-16-5-7-23(8-6-16)12-14-9-15(19)3-4-17(14)20/h3-4,9-11,16H,2,5-8,12H2,1H3. The molecule has 0 radical (unpaired) electrons. The molecule has 1 saturated heterocycles. The molecule has 0 saturated carbocycles. The van der Waals surface area contributed by atoms with Gasteiger partial charge in [-0.2, -0.15) is 0 Å².